The minimum absolute atomic E-state index is 0.0370. The molecular weight excluding hydrogens is 460 g/mol. The van der Waals surface area contributed by atoms with Gasteiger partial charge >= 0.3 is 17.8 Å². The lowest BCUT2D eigenvalue weighted by atomic mass is 10.1. The van der Waals surface area contributed by atoms with Gasteiger partial charge in [0.05, 0.1) is 22.8 Å². The van der Waals surface area contributed by atoms with Crippen molar-refractivity contribution in [1.82, 2.24) is 19.8 Å². The SMILES string of the molecule is CC(C)(Oc1ccc(Cn2nnn(-c3ccc(C(F)(F)F)c(Cl)c3)c2=O)cc1F)C(=O)O. The fourth-order valence-electron chi connectivity index (χ4n) is 2.62. The van der Waals surface area contributed by atoms with Crippen molar-refractivity contribution >= 4 is 17.6 Å². The molecule has 0 saturated carbocycles. The van der Waals surface area contributed by atoms with Crippen LogP contribution >= 0.6 is 11.6 Å². The second kappa shape index (κ2) is 8.26. The van der Waals surface area contributed by atoms with E-state index in [4.69, 9.17) is 21.4 Å². The number of nitrogens with zero attached hydrogens (tertiary/aromatic N) is 4. The van der Waals surface area contributed by atoms with Gasteiger partial charge in [-0.15, -0.1) is 0 Å². The molecule has 3 aromatic rings. The van der Waals surface area contributed by atoms with Crippen molar-refractivity contribution in [3.63, 3.8) is 0 Å². The Balaban J connectivity index is 1.84. The van der Waals surface area contributed by atoms with Crippen molar-refractivity contribution in [2.24, 2.45) is 0 Å². The number of benzene rings is 2. The topological polar surface area (TPSA) is 99.2 Å². The Morgan fingerprint density at radius 3 is 2.41 bits per heavy atom. The van der Waals surface area contributed by atoms with Gasteiger partial charge in [0.2, 0.25) is 0 Å². The van der Waals surface area contributed by atoms with E-state index >= 15 is 0 Å². The summed E-state index contributed by atoms with van der Waals surface area (Å²) in [5.41, 5.74) is -3.28. The van der Waals surface area contributed by atoms with Crippen molar-refractivity contribution < 1.29 is 32.2 Å². The van der Waals surface area contributed by atoms with Gasteiger partial charge in [-0.05, 0) is 60.2 Å². The second-order valence-corrected chi connectivity index (χ2v) is 7.58. The molecule has 0 aliphatic carbocycles. The summed E-state index contributed by atoms with van der Waals surface area (Å²) in [7, 11) is 0. The van der Waals surface area contributed by atoms with Gasteiger partial charge < -0.3 is 9.84 Å². The highest BCUT2D eigenvalue weighted by molar-refractivity contribution is 6.31. The van der Waals surface area contributed by atoms with Gasteiger partial charge in [-0.1, -0.05) is 17.7 Å². The molecular formula is C19H15ClF4N4O4. The number of hydrogen-bond donors (Lipinski definition) is 1. The molecule has 170 valence electrons. The zero-order valence-electron chi connectivity index (χ0n) is 16.5. The number of aromatic nitrogens is 4. The third-order valence-electron chi connectivity index (χ3n) is 4.35. The van der Waals surface area contributed by atoms with E-state index in [2.05, 4.69) is 10.4 Å². The number of rotatable bonds is 6. The molecule has 1 N–H and O–H groups in total. The second-order valence-electron chi connectivity index (χ2n) is 7.18. The van der Waals surface area contributed by atoms with E-state index in [0.717, 1.165) is 33.6 Å². The maximum atomic E-state index is 14.3. The number of carboxylic acids is 1. The average molecular weight is 475 g/mol. The summed E-state index contributed by atoms with van der Waals surface area (Å²) in [5, 5.41) is 15.7. The first-order valence-corrected chi connectivity index (χ1v) is 9.28. The van der Waals surface area contributed by atoms with Gasteiger partial charge in [0, 0.05) is 0 Å². The van der Waals surface area contributed by atoms with Crippen LogP contribution in [0.1, 0.15) is 25.0 Å². The Morgan fingerprint density at radius 1 is 1.16 bits per heavy atom. The molecule has 0 radical (unpaired) electrons. The molecule has 0 bridgehead atoms. The normalized spacial score (nSPS) is 12.1. The lowest BCUT2D eigenvalue weighted by Crippen LogP contribution is -2.38. The highest BCUT2D eigenvalue weighted by Gasteiger charge is 2.33. The van der Waals surface area contributed by atoms with Crippen LogP contribution in [0.4, 0.5) is 17.6 Å². The predicted molar refractivity (Wildman–Crippen MR) is 103 cm³/mol. The lowest BCUT2D eigenvalue weighted by molar-refractivity contribution is -0.152. The van der Waals surface area contributed by atoms with Gasteiger partial charge in [-0.2, -0.15) is 22.5 Å². The number of carbonyl (C=O) groups is 1. The molecule has 1 aromatic heterocycles. The highest BCUT2D eigenvalue weighted by atomic mass is 35.5. The van der Waals surface area contributed by atoms with Crippen molar-refractivity contribution in [3.8, 4) is 11.4 Å². The zero-order chi connectivity index (χ0) is 23.8. The predicted octanol–water partition coefficient (Wildman–Crippen LogP) is 3.53. The van der Waals surface area contributed by atoms with Gasteiger partial charge in [-0.25, -0.2) is 14.0 Å². The van der Waals surface area contributed by atoms with E-state index in [0.29, 0.717) is 0 Å². The van der Waals surface area contributed by atoms with Crippen LogP contribution in [0.3, 0.4) is 0 Å². The van der Waals surface area contributed by atoms with Gasteiger partial charge in [-0.3, -0.25) is 0 Å². The van der Waals surface area contributed by atoms with Crippen molar-refractivity contribution in [1.29, 1.82) is 0 Å². The summed E-state index contributed by atoms with van der Waals surface area (Å²) in [6, 6.07) is 6.31. The van der Waals surface area contributed by atoms with E-state index in [9.17, 15) is 27.2 Å². The van der Waals surface area contributed by atoms with Crippen molar-refractivity contribution in [3.05, 3.63) is 68.8 Å². The number of alkyl halides is 3. The summed E-state index contributed by atoms with van der Waals surface area (Å²) >= 11 is 5.67. The number of tetrazole rings is 1. The Hall–Kier alpha value is -3.41. The summed E-state index contributed by atoms with van der Waals surface area (Å²) in [4.78, 5) is 23.7. The van der Waals surface area contributed by atoms with E-state index in [1.807, 2.05) is 0 Å². The monoisotopic (exact) mass is 474 g/mol. The minimum atomic E-state index is -4.65. The number of aliphatic carboxylic acids is 1. The van der Waals surface area contributed by atoms with E-state index < -0.39 is 39.8 Å². The summed E-state index contributed by atoms with van der Waals surface area (Å²) in [6.45, 7) is 2.30. The fourth-order valence-corrected chi connectivity index (χ4v) is 2.90. The summed E-state index contributed by atoms with van der Waals surface area (Å²) in [5.74, 6) is -2.43. The van der Waals surface area contributed by atoms with E-state index in [1.165, 1.54) is 26.0 Å². The molecule has 0 amide bonds. The van der Waals surface area contributed by atoms with Crippen LogP contribution in [-0.4, -0.2) is 36.5 Å². The maximum absolute atomic E-state index is 14.3. The first-order chi connectivity index (χ1) is 14.8. The fraction of sp³-hybridized carbons (Fsp3) is 0.263. The number of ether oxygens (including phenoxy) is 1. The Morgan fingerprint density at radius 2 is 1.84 bits per heavy atom. The van der Waals surface area contributed by atoms with Crippen LogP contribution in [0.2, 0.25) is 5.02 Å². The maximum Gasteiger partial charge on any atom is 0.417 e. The Kier molecular flexibility index (Phi) is 6.00. The number of halogens is 5. The van der Waals surface area contributed by atoms with E-state index in [-0.39, 0.29) is 23.5 Å². The molecule has 0 atom stereocenters. The van der Waals surface area contributed by atoms with Crippen LogP contribution in [-0.2, 0) is 17.5 Å². The average Bonchev–Trinajstić information content (AvgIpc) is 3.03. The van der Waals surface area contributed by atoms with Crippen LogP contribution in [0, 0.1) is 5.82 Å². The molecule has 0 saturated heterocycles. The first kappa shape index (κ1) is 23.3. The molecule has 1 heterocycles. The molecule has 32 heavy (non-hydrogen) atoms. The molecule has 0 unspecified atom stereocenters. The smallest absolute Gasteiger partial charge is 0.417 e. The Bertz CT molecular complexity index is 1240. The van der Waals surface area contributed by atoms with Crippen LogP contribution < -0.4 is 10.4 Å². The van der Waals surface area contributed by atoms with Gasteiger partial charge in [0.1, 0.15) is 0 Å². The highest BCUT2D eigenvalue weighted by Crippen LogP contribution is 2.35. The van der Waals surface area contributed by atoms with Crippen LogP contribution in [0.15, 0.2) is 41.2 Å². The van der Waals surface area contributed by atoms with Crippen molar-refractivity contribution in [2.45, 2.75) is 32.2 Å². The first-order valence-electron chi connectivity index (χ1n) is 8.90. The number of carboxylic acid groups (broad SMARTS) is 1. The molecule has 0 spiro atoms. The molecule has 8 nitrogen and oxygen atoms in total. The third kappa shape index (κ3) is 4.74. The largest absolute Gasteiger partial charge is 0.478 e. The van der Waals surface area contributed by atoms with Crippen LogP contribution in [0.25, 0.3) is 5.69 Å². The van der Waals surface area contributed by atoms with E-state index in [1.54, 1.807) is 0 Å². The summed E-state index contributed by atoms with van der Waals surface area (Å²) < 4.78 is 59.7. The lowest BCUT2D eigenvalue weighted by Gasteiger charge is -2.21. The minimum Gasteiger partial charge on any atom is -0.478 e. The molecule has 0 aliphatic heterocycles. The number of hydrogen-bond acceptors (Lipinski definition) is 5. The van der Waals surface area contributed by atoms with Crippen LogP contribution in [0.5, 0.6) is 5.75 Å². The molecule has 0 fully saturated rings. The van der Waals surface area contributed by atoms with Crippen molar-refractivity contribution in [2.75, 3.05) is 0 Å². The standard InChI is InChI=1S/C19H15ClF4N4O4/c1-18(2,16(29)30)32-15-6-3-10(7-14(15)21)9-27-17(31)28(26-25-27)11-4-5-12(13(20)8-11)19(22,23)24/h3-8H,9H2,1-2H3,(H,29,30). The molecule has 2 aromatic carbocycles. The Labute approximate surface area is 182 Å². The van der Waals surface area contributed by atoms with Gasteiger partial charge in [0.15, 0.2) is 17.2 Å². The molecule has 13 heteroatoms. The quantitative estimate of drug-likeness (QED) is 0.549. The molecule has 3 rings (SSSR count). The zero-order valence-corrected chi connectivity index (χ0v) is 17.3. The molecule has 0 aliphatic rings. The summed E-state index contributed by atoms with van der Waals surface area (Å²) in [6.07, 6.45) is -4.65. The third-order valence-corrected chi connectivity index (χ3v) is 4.66. The van der Waals surface area contributed by atoms with Gasteiger partial charge in [0.25, 0.3) is 0 Å².